The highest BCUT2D eigenvalue weighted by Gasteiger charge is 2.20. The molecule has 1 aromatic rings. The largest absolute Gasteiger partial charge is 0.373 e. The zero-order valence-corrected chi connectivity index (χ0v) is 10.3. The Kier molecular flexibility index (Phi) is 3.79. The van der Waals surface area contributed by atoms with Gasteiger partial charge in [0.15, 0.2) is 0 Å². The summed E-state index contributed by atoms with van der Waals surface area (Å²) in [6.45, 7) is 3.89. The first kappa shape index (κ1) is 12.1. The monoisotopic (exact) mass is 233 g/mol. The summed E-state index contributed by atoms with van der Waals surface area (Å²) in [5, 5.41) is 0. The minimum atomic E-state index is -0.415. The van der Waals surface area contributed by atoms with Crippen LogP contribution in [0.3, 0.4) is 0 Å². The number of rotatable bonds is 3. The Hall–Kier alpha value is -1.35. The molecular weight excluding hydrogens is 216 g/mol. The van der Waals surface area contributed by atoms with Crippen molar-refractivity contribution in [3.8, 4) is 0 Å². The Morgan fingerprint density at radius 3 is 2.53 bits per heavy atom. The van der Waals surface area contributed by atoms with E-state index in [1.807, 2.05) is 26.0 Å². The van der Waals surface area contributed by atoms with Crippen LogP contribution in [0.15, 0.2) is 18.2 Å². The fourth-order valence-electron chi connectivity index (χ4n) is 2.04. The molecule has 0 unspecified atom stereocenters. The van der Waals surface area contributed by atoms with E-state index in [0.29, 0.717) is 5.56 Å². The molecule has 0 atom stereocenters. The fraction of sp³-hybridized carbons (Fsp3) is 0.429. The Morgan fingerprint density at radius 2 is 1.88 bits per heavy atom. The topological polar surface area (TPSA) is 35.5 Å². The molecule has 0 aliphatic heterocycles. The number of benzene rings is 1. The lowest BCUT2D eigenvalue weighted by Gasteiger charge is -2.09. The van der Waals surface area contributed by atoms with E-state index in [0.717, 1.165) is 42.9 Å². The normalized spacial score (nSPS) is 16.1. The van der Waals surface area contributed by atoms with E-state index in [9.17, 15) is 4.79 Å². The molecule has 91 valence electrons. The zero-order valence-electron chi connectivity index (χ0n) is 10.3. The van der Waals surface area contributed by atoms with E-state index in [1.165, 1.54) is 0 Å². The molecule has 0 amide bonds. The average molecular weight is 233 g/mol. The van der Waals surface area contributed by atoms with Crippen LogP contribution in [-0.4, -0.2) is 5.97 Å². The lowest BCUT2D eigenvalue weighted by Crippen LogP contribution is -2.10. The third kappa shape index (κ3) is 3.07. The Balaban J connectivity index is 1.94. The quantitative estimate of drug-likeness (QED) is 0.592. The first-order valence-corrected chi connectivity index (χ1v) is 5.97. The van der Waals surface area contributed by atoms with Crippen LogP contribution in [0.2, 0.25) is 0 Å². The van der Waals surface area contributed by atoms with Crippen molar-refractivity contribution in [3.63, 3.8) is 0 Å². The van der Waals surface area contributed by atoms with Crippen molar-refractivity contribution in [2.24, 2.45) is 0 Å². The molecule has 1 aromatic carbocycles. The highest BCUT2D eigenvalue weighted by atomic mass is 17.2. The van der Waals surface area contributed by atoms with Crippen molar-refractivity contribution in [1.82, 2.24) is 0 Å². The van der Waals surface area contributed by atoms with Crippen LogP contribution >= 0.6 is 0 Å². The van der Waals surface area contributed by atoms with Gasteiger partial charge in [0.1, 0.15) is 6.10 Å². The van der Waals surface area contributed by atoms with Crippen molar-refractivity contribution in [1.29, 1.82) is 0 Å². The third-order valence-corrected chi connectivity index (χ3v) is 3.00. The molecule has 1 radical (unpaired) electrons. The van der Waals surface area contributed by atoms with Crippen molar-refractivity contribution in [2.45, 2.75) is 39.5 Å². The van der Waals surface area contributed by atoms with E-state index in [2.05, 4.69) is 0 Å². The highest BCUT2D eigenvalue weighted by Crippen LogP contribution is 2.28. The van der Waals surface area contributed by atoms with Gasteiger partial charge in [0, 0.05) is 0 Å². The predicted molar refractivity (Wildman–Crippen MR) is 64.1 cm³/mol. The molecule has 3 nitrogen and oxygen atoms in total. The number of carbonyl (C=O) groups excluding carboxylic acids is 1. The van der Waals surface area contributed by atoms with Gasteiger partial charge in [0.2, 0.25) is 0 Å². The lowest BCUT2D eigenvalue weighted by molar-refractivity contribution is -0.234. The van der Waals surface area contributed by atoms with Crippen LogP contribution < -0.4 is 0 Å². The SMILES string of the molecule is Cc1ccc(C(=O)OO[C]2CCCC2)c(C)c1. The molecule has 0 N–H and O–H groups in total. The number of hydrogen-bond acceptors (Lipinski definition) is 3. The molecule has 0 heterocycles. The lowest BCUT2D eigenvalue weighted by atomic mass is 10.1. The summed E-state index contributed by atoms with van der Waals surface area (Å²) < 4.78 is 0. The maximum Gasteiger partial charge on any atom is 0.373 e. The second-order valence-electron chi connectivity index (χ2n) is 4.52. The molecule has 2 rings (SSSR count). The molecule has 0 bridgehead atoms. The second kappa shape index (κ2) is 5.32. The molecule has 1 aliphatic carbocycles. The zero-order chi connectivity index (χ0) is 12.3. The molecule has 1 aliphatic rings. The van der Waals surface area contributed by atoms with Gasteiger partial charge in [0.05, 0.1) is 5.56 Å². The van der Waals surface area contributed by atoms with Gasteiger partial charge in [0.25, 0.3) is 0 Å². The van der Waals surface area contributed by atoms with Crippen LogP contribution in [0, 0.1) is 20.0 Å². The maximum atomic E-state index is 11.8. The van der Waals surface area contributed by atoms with Crippen molar-refractivity contribution < 1.29 is 14.6 Å². The number of aryl methyl sites for hydroxylation is 2. The van der Waals surface area contributed by atoms with E-state index in [-0.39, 0.29) is 0 Å². The van der Waals surface area contributed by atoms with Gasteiger partial charge in [-0.15, -0.1) is 0 Å². The molecular formula is C14H17O3. The van der Waals surface area contributed by atoms with Gasteiger partial charge in [-0.3, -0.25) is 4.89 Å². The van der Waals surface area contributed by atoms with E-state index < -0.39 is 5.97 Å². The fourth-order valence-corrected chi connectivity index (χ4v) is 2.04. The van der Waals surface area contributed by atoms with Crippen molar-refractivity contribution in [3.05, 3.63) is 41.0 Å². The Morgan fingerprint density at radius 1 is 1.18 bits per heavy atom. The minimum absolute atomic E-state index is 0.415. The molecule has 1 fully saturated rings. The van der Waals surface area contributed by atoms with Crippen LogP contribution in [0.25, 0.3) is 0 Å². The Bertz CT molecular complexity index is 406. The van der Waals surface area contributed by atoms with Gasteiger partial charge >= 0.3 is 5.97 Å². The molecule has 0 spiro atoms. The van der Waals surface area contributed by atoms with Gasteiger partial charge in [-0.1, -0.05) is 30.5 Å². The maximum absolute atomic E-state index is 11.8. The van der Waals surface area contributed by atoms with Crippen LogP contribution in [-0.2, 0) is 9.78 Å². The van der Waals surface area contributed by atoms with Gasteiger partial charge in [-0.05, 0) is 38.3 Å². The van der Waals surface area contributed by atoms with Crippen molar-refractivity contribution in [2.75, 3.05) is 0 Å². The number of hydrogen-bond donors (Lipinski definition) is 0. The molecule has 0 saturated heterocycles. The van der Waals surface area contributed by atoms with Gasteiger partial charge in [-0.25, -0.2) is 4.79 Å². The first-order valence-electron chi connectivity index (χ1n) is 5.97. The predicted octanol–water partition coefficient (Wildman–Crippen LogP) is 3.50. The van der Waals surface area contributed by atoms with Gasteiger partial charge in [-0.2, -0.15) is 4.89 Å². The summed E-state index contributed by atoms with van der Waals surface area (Å²) in [7, 11) is 0. The number of carbonyl (C=O) groups is 1. The third-order valence-electron chi connectivity index (χ3n) is 3.00. The summed E-state index contributed by atoms with van der Waals surface area (Å²) in [6, 6.07) is 5.63. The van der Waals surface area contributed by atoms with Crippen molar-refractivity contribution >= 4 is 5.97 Å². The van der Waals surface area contributed by atoms with E-state index in [1.54, 1.807) is 6.07 Å². The smallest absolute Gasteiger partial charge is 0.292 e. The molecule has 17 heavy (non-hydrogen) atoms. The summed E-state index contributed by atoms with van der Waals surface area (Å²) in [4.78, 5) is 21.7. The summed E-state index contributed by atoms with van der Waals surface area (Å²) >= 11 is 0. The Labute approximate surface area is 102 Å². The summed E-state index contributed by atoms with van der Waals surface area (Å²) in [6.07, 6.45) is 4.93. The van der Waals surface area contributed by atoms with Crippen LogP contribution in [0.5, 0.6) is 0 Å². The van der Waals surface area contributed by atoms with Crippen LogP contribution in [0.1, 0.15) is 47.2 Å². The molecule has 1 saturated carbocycles. The average Bonchev–Trinajstić information content (AvgIpc) is 2.78. The standard InChI is InChI=1S/C14H17O3/c1-10-7-8-13(11(2)9-10)14(15)17-16-12-5-3-4-6-12/h7-9H,3-6H2,1-2H3. The van der Waals surface area contributed by atoms with Crippen LogP contribution in [0.4, 0.5) is 0 Å². The summed E-state index contributed by atoms with van der Waals surface area (Å²) in [5.41, 5.74) is 2.61. The summed E-state index contributed by atoms with van der Waals surface area (Å²) in [5.74, 6) is -0.415. The first-order chi connectivity index (χ1) is 8.16. The van der Waals surface area contributed by atoms with Gasteiger partial charge < -0.3 is 0 Å². The second-order valence-corrected chi connectivity index (χ2v) is 4.52. The minimum Gasteiger partial charge on any atom is -0.292 e. The molecule has 0 aromatic heterocycles. The van der Waals surface area contributed by atoms with E-state index >= 15 is 0 Å². The van der Waals surface area contributed by atoms with E-state index in [4.69, 9.17) is 9.78 Å². The highest BCUT2D eigenvalue weighted by molar-refractivity contribution is 5.90. The molecule has 3 heteroatoms.